The first-order chi connectivity index (χ1) is 11.1. The van der Waals surface area contributed by atoms with E-state index < -0.39 is 0 Å². The van der Waals surface area contributed by atoms with Gasteiger partial charge in [0.25, 0.3) is 5.91 Å². The summed E-state index contributed by atoms with van der Waals surface area (Å²) in [6.45, 7) is 0.352. The lowest BCUT2D eigenvalue weighted by Crippen LogP contribution is -2.22. The molecule has 1 aromatic heterocycles. The lowest BCUT2D eigenvalue weighted by molar-refractivity contribution is 0.0955. The van der Waals surface area contributed by atoms with Crippen molar-refractivity contribution in [2.24, 2.45) is 0 Å². The molecule has 0 unspecified atom stereocenters. The molecule has 1 heterocycles. The highest BCUT2D eigenvalue weighted by molar-refractivity contribution is 7.17. The topological polar surface area (TPSA) is 68.0 Å². The fraction of sp³-hybridized carbons (Fsp3) is 0.0588. The predicted molar refractivity (Wildman–Crippen MR) is 94.6 cm³/mol. The Balaban J connectivity index is 1.82. The van der Waals surface area contributed by atoms with Gasteiger partial charge in [-0.05, 0) is 11.6 Å². The Kier molecular flexibility index (Phi) is 4.60. The molecule has 0 bridgehead atoms. The molecule has 6 heteroatoms. The number of benzene rings is 2. The van der Waals surface area contributed by atoms with Crippen LogP contribution in [0.15, 0.2) is 54.6 Å². The number of amides is 1. The number of nitrogens with two attached hydrogens (primary N) is 1. The SMILES string of the molecule is Nc1nc(-c2ccccc2)c(C(=O)NCc2ccccc2Cl)s1. The highest BCUT2D eigenvalue weighted by atomic mass is 35.5. The van der Waals surface area contributed by atoms with Gasteiger partial charge in [0.15, 0.2) is 5.13 Å². The van der Waals surface area contributed by atoms with Gasteiger partial charge in [0.1, 0.15) is 4.88 Å². The molecule has 0 fully saturated rings. The van der Waals surface area contributed by atoms with Gasteiger partial charge in [-0.2, -0.15) is 0 Å². The molecule has 0 atom stereocenters. The summed E-state index contributed by atoms with van der Waals surface area (Å²) in [6, 6.07) is 16.9. The number of rotatable bonds is 4. The number of carbonyl (C=O) groups excluding carboxylic acids is 1. The van der Waals surface area contributed by atoms with Crippen LogP contribution in [0.3, 0.4) is 0 Å². The van der Waals surface area contributed by atoms with Crippen LogP contribution in [0.5, 0.6) is 0 Å². The zero-order valence-electron chi connectivity index (χ0n) is 12.1. The largest absolute Gasteiger partial charge is 0.375 e. The quantitative estimate of drug-likeness (QED) is 0.753. The number of hydrogen-bond acceptors (Lipinski definition) is 4. The molecule has 0 saturated heterocycles. The number of aromatic nitrogens is 1. The monoisotopic (exact) mass is 343 g/mol. The summed E-state index contributed by atoms with van der Waals surface area (Å²) in [5.74, 6) is -0.210. The summed E-state index contributed by atoms with van der Waals surface area (Å²) < 4.78 is 0. The van der Waals surface area contributed by atoms with Gasteiger partial charge in [0.2, 0.25) is 0 Å². The summed E-state index contributed by atoms with van der Waals surface area (Å²) in [5, 5.41) is 3.86. The maximum atomic E-state index is 12.5. The standard InChI is InChI=1S/C17H14ClN3OS/c18-13-9-5-4-8-12(13)10-20-16(22)15-14(21-17(19)23-15)11-6-2-1-3-7-11/h1-9H,10H2,(H2,19,21)(H,20,22). The van der Waals surface area contributed by atoms with Crippen molar-refractivity contribution >= 4 is 34.0 Å². The van der Waals surface area contributed by atoms with Crippen molar-refractivity contribution in [1.29, 1.82) is 0 Å². The third-order valence-corrected chi connectivity index (χ3v) is 4.55. The fourth-order valence-corrected chi connectivity index (χ4v) is 3.15. The van der Waals surface area contributed by atoms with Gasteiger partial charge in [0.05, 0.1) is 5.69 Å². The van der Waals surface area contributed by atoms with Crippen LogP contribution < -0.4 is 11.1 Å². The van der Waals surface area contributed by atoms with Crippen molar-refractivity contribution < 1.29 is 4.79 Å². The van der Waals surface area contributed by atoms with Gasteiger partial charge in [0, 0.05) is 17.1 Å². The zero-order valence-corrected chi connectivity index (χ0v) is 13.7. The molecule has 3 rings (SSSR count). The van der Waals surface area contributed by atoms with E-state index in [1.165, 1.54) is 11.3 Å². The second-order valence-electron chi connectivity index (χ2n) is 4.87. The Labute approximate surface area is 142 Å². The third-order valence-electron chi connectivity index (χ3n) is 3.29. The van der Waals surface area contributed by atoms with Gasteiger partial charge in [-0.3, -0.25) is 4.79 Å². The maximum absolute atomic E-state index is 12.5. The first-order valence-corrected chi connectivity index (χ1v) is 8.18. The molecule has 4 nitrogen and oxygen atoms in total. The van der Waals surface area contributed by atoms with Crippen molar-refractivity contribution in [3.8, 4) is 11.3 Å². The number of thiazole rings is 1. The number of halogens is 1. The van der Waals surface area contributed by atoms with Gasteiger partial charge < -0.3 is 11.1 Å². The Bertz CT molecular complexity index is 833. The minimum Gasteiger partial charge on any atom is -0.375 e. The molecular weight excluding hydrogens is 330 g/mol. The highest BCUT2D eigenvalue weighted by Crippen LogP contribution is 2.29. The fourth-order valence-electron chi connectivity index (χ4n) is 2.18. The van der Waals surface area contributed by atoms with Crippen LogP contribution >= 0.6 is 22.9 Å². The van der Waals surface area contributed by atoms with Crippen LogP contribution in [0.1, 0.15) is 15.2 Å². The van der Waals surface area contributed by atoms with Crippen LogP contribution in [0.2, 0.25) is 5.02 Å². The van der Waals surface area contributed by atoms with E-state index in [0.717, 1.165) is 11.1 Å². The molecule has 0 aliphatic carbocycles. The third kappa shape index (κ3) is 3.52. The molecule has 3 aromatic rings. The smallest absolute Gasteiger partial charge is 0.264 e. The van der Waals surface area contributed by atoms with Gasteiger partial charge in [-0.1, -0.05) is 71.5 Å². The molecule has 0 spiro atoms. The lowest BCUT2D eigenvalue weighted by Gasteiger charge is -2.07. The molecule has 0 aliphatic rings. The molecule has 0 radical (unpaired) electrons. The summed E-state index contributed by atoms with van der Waals surface area (Å²) >= 11 is 7.28. The molecule has 3 N–H and O–H groups in total. The average Bonchev–Trinajstić information content (AvgIpc) is 2.97. The van der Waals surface area contributed by atoms with E-state index >= 15 is 0 Å². The summed E-state index contributed by atoms with van der Waals surface area (Å²) in [5.41, 5.74) is 8.12. The van der Waals surface area contributed by atoms with E-state index in [-0.39, 0.29) is 5.91 Å². The molecule has 2 aromatic carbocycles. The lowest BCUT2D eigenvalue weighted by atomic mass is 10.1. The van der Waals surface area contributed by atoms with Gasteiger partial charge in [-0.15, -0.1) is 0 Å². The molecule has 0 aliphatic heterocycles. The van der Waals surface area contributed by atoms with Crippen molar-refractivity contribution in [2.45, 2.75) is 6.54 Å². The predicted octanol–water partition coefficient (Wildman–Crippen LogP) is 3.98. The Morgan fingerprint density at radius 1 is 1.13 bits per heavy atom. The second-order valence-corrected chi connectivity index (χ2v) is 6.31. The number of carbonyl (C=O) groups is 1. The van der Waals surface area contributed by atoms with Gasteiger partial charge >= 0.3 is 0 Å². The first kappa shape index (κ1) is 15.5. The molecule has 116 valence electrons. The van der Waals surface area contributed by atoms with Crippen molar-refractivity contribution in [3.05, 3.63) is 70.1 Å². The average molecular weight is 344 g/mol. The minimum absolute atomic E-state index is 0.210. The minimum atomic E-state index is -0.210. The maximum Gasteiger partial charge on any atom is 0.264 e. The number of nitrogens with zero attached hydrogens (tertiary/aromatic N) is 1. The van der Waals surface area contributed by atoms with E-state index in [2.05, 4.69) is 10.3 Å². The molecule has 23 heavy (non-hydrogen) atoms. The first-order valence-electron chi connectivity index (χ1n) is 6.98. The summed E-state index contributed by atoms with van der Waals surface area (Å²) in [4.78, 5) is 17.3. The highest BCUT2D eigenvalue weighted by Gasteiger charge is 2.18. The Morgan fingerprint density at radius 3 is 2.57 bits per heavy atom. The van der Waals surface area contributed by atoms with Crippen LogP contribution in [-0.2, 0) is 6.54 Å². The Hall–Kier alpha value is -2.37. The number of anilines is 1. The normalized spacial score (nSPS) is 10.5. The molecule has 1 amide bonds. The number of nitrogens with one attached hydrogen (secondary N) is 1. The number of hydrogen-bond donors (Lipinski definition) is 2. The van der Waals surface area contributed by atoms with Crippen molar-refractivity contribution in [2.75, 3.05) is 5.73 Å². The summed E-state index contributed by atoms with van der Waals surface area (Å²) in [7, 11) is 0. The van der Waals surface area contributed by atoms with Crippen molar-refractivity contribution in [1.82, 2.24) is 10.3 Å². The van der Waals surface area contributed by atoms with Crippen molar-refractivity contribution in [3.63, 3.8) is 0 Å². The van der Waals surface area contributed by atoms with Gasteiger partial charge in [-0.25, -0.2) is 4.98 Å². The molecule has 0 saturated carbocycles. The van der Waals surface area contributed by atoms with E-state index in [9.17, 15) is 4.79 Å². The number of nitrogen functional groups attached to an aromatic ring is 1. The van der Waals surface area contributed by atoms with E-state index in [1.807, 2.05) is 48.5 Å². The zero-order chi connectivity index (χ0) is 16.2. The van der Waals surface area contributed by atoms with E-state index in [4.69, 9.17) is 17.3 Å². The summed E-state index contributed by atoms with van der Waals surface area (Å²) in [6.07, 6.45) is 0. The van der Waals surface area contributed by atoms with E-state index in [1.54, 1.807) is 6.07 Å². The van der Waals surface area contributed by atoms with Crippen LogP contribution in [-0.4, -0.2) is 10.9 Å². The van der Waals surface area contributed by atoms with Crippen LogP contribution in [0, 0.1) is 0 Å². The van der Waals surface area contributed by atoms with Crippen LogP contribution in [0.25, 0.3) is 11.3 Å². The van der Waals surface area contributed by atoms with E-state index in [0.29, 0.717) is 27.3 Å². The van der Waals surface area contributed by atoms with Crippen LogP contribution in [0.4, 0.5) is 5.13 Å². The molecular formula is C17H14ClN3OS. The second kappa shape index (κ2) is 6.81. The Morgan fingerprint density at radius 2 is 1.83 bits per heavy atom.